The SMILES string of the molecule is CC(C)CCCC(C)NCc1c(F)cccc1F. The Bertz CT molecular complexity index is 343. The first-order valence-electron chi connectivity index (χ1n) is 6.67. The maximum absolute atomic E-state index is 13.4. The van der Waals surface area contributed by atoms with Crippen LogP contribution in [0.4, 0.5) is 8.78 Å². The van der Waals surface area contributed by atoms with Crippen molar-refractivity contribution in [1.29, 1.82) is 0 Å². The Balaban J connectivity index is 2.36. The summed E-state index contributed by atoms with van der Waals surface area (Å²) in [6, 6.07) is 4.26. The molecular formula is C15H23F2N. The molecule has 1 rings (SSSR count). The molecule has 0 aliphatic carbocycles. The van der Waals surface area contributed by atoms with Gasteiger partial charge in [-0.2, -0.15) is 0 Å². The van der Waals surface area contributed by atoms with E-state index in [0.717, 1.165) is 12.8 Å². The maximum atomic E-state index is 13.4. The molecule has 102 valence electrons. The summed E-state index contributed by atoms with van der Waals surface area (Å²) in [4.78, 5) is 0. The molecule has 0 aliphatic heterocycles. The van der Waals surface area contributed by atoms with Crippen LogP contribution in [0.3, 0.4) is 0 Å². The van der Waals surface area contributed by atoms with Gasteiger partial charge in [0.15, 0.2) is 0 Å². The van der Waals surface area contributed by atoms with Crippen LogP contribution >= 0.6 is 0 Å². The Hall–Kier alpha value is -0.960. The zero-order valence-electron chi connectivity index (χ0n) is 11.5. The van der Waals surface area contributed by atoms with Crippen molar-refractivity contribution in [2.75, 3.05) is 0 Å². The monoisotopic (exact) mass is 255 g/mol. The van der Waals surface area contributed by atoms with Gasteiger partial charge in [0, 0.05) is 18.2 Å². The fourth-order valence-electron chi connectivity index (χ4n) is 1.91. The number of hydrogen-bond acceptors (Lipinski definition) is 1. The van der Waals surface area contributed by atoms with E-state index in [1.165, 1.54) is 24.6 Å². The van der Waals surface area contributed by atoms with Crippen LogP contribution in [0.15, 0.2) is 18.2 Å². The molecule has 1 atom stereocenters. The van der Waals surface area contributed by atoms with Crippen molar-refractivity contribution in [3.8, 4) is 0 Å². The van der Waals surface area contributed by atoms with Gasteiger partial charge in [-0.3, -0.25) is 0 Å². The van der Waals surface area contributed by atoms with Gasteiger partial charge < -0.3 is 5.32 Å². The predicted molar refractivity (Wildman–Crippen MR) is 71.3 cm³/mol. The highest BCUT2D eigenvalue weighted by molar-refractivity contribution is 5.19. The smallest absolute Gasteiger partial charge is 0.130 e. The second kappa shape index (κ2) is 7.47. The molecule has 0 saturated carbocycles. The summed E-state index contributed by atoms with van der Waals surface area (Å²) in [5.74, 6) is -0.241. The standard InChI is InChI=1S/C15H23F2N/c1-11(2)6-4-7-12(3)18-10-13-14(16)8-5-9-15(13)17/h5,8-9,11-12,18H,4,6-7,10H2,1-3H3. The van der Waals surface area contributed by atoms with Crippen molar-refractivity contribution in [3.63, 3.8) is 0 Å². The van der Waals surface area contributed by atoms with Gasteiger partial charge in [0.05, 0.1) is 0 Å². The fourth-order valence-corrected chi connectivity index (χ4v) is 1.91. The summed E-state index contributed by atoms with van der Waals surface area (Å²) in [6.07, 6.45) is 3.37. The van der Waals surface area contributed by atoms with E-state index < -0.39 is 11.6 Å². The molecule has 0 aliphatic rings. The van der Waals surface area contributed by atoms with Gasteiger partial charge in [0.25, 0.3) is 0 Å². The maximum Gasteiger partial charge on any atom is 0.130 e. The van der Waals surface area contributed by atoms with Gasteiger partial charge in [-0.15, -0.1) is 0 Å². The largest absolute Gasteiger partial charge is 0.310 e. The van der Waals surface area contributed by atoms with Crippen LogP contribution in [0, 0.1) is 17.6 Å². The second-order valence-electron chi connectivity index (χ2n) is 5.31. The van der Waals surface area contributed by atoms with E-state index >= 15 is 0 Å². The van der Waals surface area contributed by atoms with Gasteiger partial charge in [-0.05, 0) is 31.4 Å². The van der Waals surface area contributed by atoms with E-state index in [1.807, 2.05) is 0 Å². The minimum atomic E-state index is -0.475. The lowest BCUT2D eigenvalue weighted by Crippen LogP contribution is -2.26. The van der Waals surface area contributed by atoms with Crippen molar-refractivity contribution in [3.05, 3.63) is 35.4 Å². The lowest BCUT2D eigenvalue weighted by molar-refractivity contribution is 0.445. The van der Waals surface area contributed by atoms with Crippen molar-refractivity contribution >= 4 is 0 Å². The van der Waals surface area contributed by atoms with Crippen LogP contribution in [0.1, 0.15) is 45.6 Å². The molecule has 0 aromatic heterocycles. The van der Waals surface area contributed by atoms with Crippen LogP contribution in [0.25, 0.3) is 0 Å². The summed E-state index contributed by atoms with van der Waals surface area (Å²) in [5.41, 5.74) is 0.133. The van der Waals surface area contributed by atoms with E-state index in [0.29, 0.717) is 5.92 Å². The Labute approximate surface area is 109 Å². The molecule has 0 bridgehead atoms. The highest BCUT2D eigenvalue weighted by Crippen LogP contribution is 2.13. The third kappa shape index (κ3) is 5.13. The predicted octanol–water partition coefficient (Wildman–Crippen LogP) is 4.27. The number of nitrogens with one attached hydrogen (secondary N) is 1. The fraction of sp³-hybridized carbons (Fsp3) is 0.600. The van der Waals surface area contributed by atoms with Crippen LogP contribution < -0.4 is 5.32 Å². The lowest BCUT2D eigenvalue weighted by Gasteiger charge is -2.15. The molecule has 0 radical (unpaired) electrons. The zero-order chi connectivity index (χ0) is 13.5. The van der Waals surface area contributed by atoms with Gasteiger partial charge in [-0.1, -0.05) is 32.8 Å². The number of halogens is 2. The molecular weight excluding hydrogens is 232 g/mol. The van der Waals surface area contributed by atoms with Crippen molar-refractivity contribution in [2.24, 2.45) is 5.92 Å². The van der Waals surface area contributed by atoms with Gasteiger partial charge in [-0.25, -0.2) is 8.78 Å². The van der Waals surface area contributed by atoms with Crippen molar-refractivity contribution < 1.29 is 8.78 Å². The molecule has 0 fully saturated rings. The second-order valence-corrected chi connectivity index (χ2v) is 5.31. The molecule has 0 heterocycles. The molecule has 0 spiro atoms. The van der Waals surface area contributed by atoms with Gasteiger partial charge >= 0.3 is 0 Å². The third-order valence-corrected chi connectivity index (χ3v) is 3.11. The number of benzene rings is 1. The molecule has 0 amide bonds. The average Bonchev–Trinajstić information content (AvgIpc) is 2.27. The first-order valence-corrected chi connectivity index (χ1v) is 6.67. The van der Waals surface area contributed by atoms with E-state index in [9.17, 15) is 8.78 Å². The minimum absolute atomic E-state index is 0.133. The molecule has 1 nitrogen and oxygen atoms in total. The van der Waals surface area contributed by atoms with Crippen LogP contribution in [-0.4, -0.2) is 6.04 Å². The van der Waals surface area contributed by atoms with E-state index in [2.05, 4.69) is 26.1 Å². The van der Waals surface area contributed by atoms with Crippen LogP contribution in [0.2, 0.25) is 0 Å². The third-order valence-electron chi connectivity index (χ3n) is 3.11. The summed E-state index contributed by atoms with van der Waals surface area (Å²) in [6.45, 7) is 6.71. The Morgan fingerprint density at radius 2 is 1.67 bits per heavy atom. The van der Waals surface area contributed by atoms with Crippen molar-refractivity contribution in [1.82, 2.24) is 5.32 Å². The summed E-state index contributed by atoms with van der Waals surface area (Å²) in [7, 11) is 0. The minimum Gasteiger partial charge on any atom is -0.310 e. The quantitative estimate of drug-likeness (QED) is 0.767. The lowest BCUT2D eigenvalue weighted by atomic mass is 10.0. The highest BCUT2D eigenvalue weighted by Gasteiger charge is 2.09. The summed E-state index contributed by atoms with van der Waals surface area (Å²) < 4.78 is 26.8. The molecule has 18 heavy (non-hydrogen) atoms. The van der Waals surface area contributed by atoms with Crippen LogP contribution in [0.5, 0.6) is 0 Å². The Kier molecular flexibility index (Phi) is 6.27. The number of hydrogen-bond donors (Lipinski definition) is 1. The summed E-state index contributed by atoms with van der Waals surface area (Å²) >= 11 is 0. The highest BCUT2D eigenvalue weighted by atomic mass is 19.1. The van der Waals surface area contributed by atoms with E-state index in [-0.39, 0.29) is 18.2 Å². The number of rotatable bonds is 7. The molecule has 3 heteroatoms. The normalized spacial score (nSPS) is 13.0. The zero-order valence-corrected chi connectivity index (χ0v) is 11.5. The molecule has 1 aromatic rings. The van der Waals surface area contributed by atoms with Crippen molar-refractivity contribution in [2.45, 2.75) is 52.6 Å². The molecule has 1 aromatic carbocycles. The van der Waals surface area contributed by atoms with E-state index in [1.54, 1.807) is 0 Å². The van der Waals surface area contributed by atoms with Crippen LogP contribution in [-0.2, 0) is 6.54 Å². The average molecular weight is 255 g/mol. The first-order chi connectivity index (χ1) is 8.50. The Morgan fingerprint density at radius 1 is 1.06 bits per heavy atom. The molecule has 1 N–H and O–H groups in total. The molecule has 0 saturated heterocycles. The molecule has 1 unspecified atom stereocenters. The summed E-state index contributed by atoms with van der Waals surface area (Å²) in [5, 5.41) is 3.17. The first kappa shape index (κ1) is 15.1. The van der Waals surface area contributed by atoms with Gasteiger partial charge in [0.1, 0.15) is 11.6 Å². The topological polar surface area (TPSA) is 12.0 Å². The Morgan fingerprint density at radius 3 is 2.22 bits per heavy atom. The van der Waals surface area contributed by atoms with E-state index in [4.69, 9.17) is 0 Å². The van der Waals surface area contributed by atoms with Gasteiger partial charge in [0.2, 0.25) is 0 Å².